The summed E-state index contributed by atoms with van der Waals surface area (Å²) in [5.74, 6) is 0. The van der Waals surface area contributed by atoms with Crippen LogP contribution in [0.15, 0.2) is 27.5 Å². The summed E-state index contributed by atoms with van der Waals surface area (Å²) < 4.78 is 40.8. The lowest BCUT2D eigenvalue weighted by atomic mass is 10.2. The highest BCUT2D eigenvalue weighted by Gasteiger charge is 2.35. The van der Waals surface area contributed by atoms with Gasteiger partial charge in [-0.1, -0.05) is 6.07 Å². The highest BCUT2D eigenvalue weighted by atomic mass is 33.1. The lowest BCUT2D eigenvalue weighted by Gasteiger charge is -2.08. The molecule has 0 N–H and O–H groups in total. The maximum absolute atomic E-state index is 12.4. The molecular weight excluding hydrogens is 219 g/mol. The lowest BCUT2D eigenvalue weighted by molar-refractivity contribution is -0.137. The quantitative estimate of drug-likeness (QED) is 0.610. The Hall–Kier alpha value is -0.620. The number of benzene rings is 1. The van der Waals surface area contributed by atoms with Crippen molar-refractivity contribution in [1.29, 1.82) is 0 Å². The fraction of sp³-hybridized carbons (Fsp3) is 0.143. The second-order valence-electron chi connectivity index (χ2n) is 2.40. The van der Waals surface area contributed by atoms with Crippen LogP contribution in [0.2, 0.25) is 0 Å². The first kappa shape index (κ1) is 8.96. The van der Waals surface area contributed by atoms with E-state index < -0.39 is 11.7 Å². The Morgan fingerprint density at radius 2 is 2.00 bits per heavy atom. The van der Waals surface area contributed by atoms with Gasteiger partial charge in [-0.2, -0.15) is 17.5 Å². The number of hydrogen-bond donors (Lipinski definition) is 0. The van der Waals surface area contributed by atoms with Gasteiger partial charge < -0.3 is 0 Å². The van der Waals surface area contributed by atoms with E-state index in [0.29, 0.717) is 4.90 Å². The maximum atomic E-state index is 12.4. The number of rotatable bonds is 0. The smallest absolute Gasteiger partial charge is 0.184 e. The van der Waals surface area contributed by atoms with Crippen LogP contribution in [0.25, 0.3) is 0 Å². The molecule has 0 saturated carbocycles. The van der Waals surface area contributed by atoms with Crippen molar-refractivity contribution in [3.05, 3.63) is 23.8 Å². The van der Waals surface area contributed by atoms with E-state index in [1.165, 1.54) is 16.9 Å². The van der Waals surface area contributed by atoms with Crippen molar-refractivity contribution in [3.8, 4) is 0 Å². The third-order valence-electron chi connectivity index (χ3n) is 1.56. The van der Waals surface area contributed by atoms with Crippen molar-refractivity contribution in [2.75, 3.05) is 0 Å². The second kappa shape index (κ2) is 2.95. The van der Waals surface area contributed by atoms with E-state index in [4.69, 9.17) is 0 Å². The topological polar surface area (TPSA) is 12.4 Å². The molecule has 0 spiro atoms. The number of fused-ring (bicyclic) bond motifs is 1. The SMILES string of the molecule is FC(F)(F)c1cccc2c1N=[S]S2. The molecule has 1 aliphatic rings. The Kier molecular flexibility index (Phi) is 2.03. The van der Waals surface area contributed by atoms with E-state index in [0.717, 1.165) is 16.7 Å². The molecule has 69 valence electrons. The molecule has 1 aromatic carbocycles. The van der Waals surface area contributed by atoms with Gasteiger partial charge in [0.25, 0.3) is 0 Å². The van der Waals surface area contributed by atoms with Gasteiger partial charge in [-0.15, -0.1) is 0 Å². The molecule has 0 amide bonds. The Balaban J connectivity index is 2.59. The molecule has 0 bridgehead atoms. The molecule has 13 heavy (non-hydrogen) atoms. The van der Waals surface area contributed by atoms with Crippen LogP contribution in [-0.2, 0) is 16.8 Å². The minimum absolute atomic E-state index is 0.0602. The van der Waals surface area contributed by atoms with Crippen molar-refractivity contribution in [2.24, 2.45) is 4.36 Å². The summed E-state index contributed by atoms with van der Waals surface area (Å²) >= 11 is 0. The van der Waals surface area contributed by atoms with Crippen molar-refractivity contribution < 1.29 is 13.2 Å². The molecule has 0 aromatic heterocycles. The summed E-state index contributed by atoms with van der Waals surface area (Å²) in [6, 6.07) is 4.09. The first-order valence-corrected chi connectivity index (χ1v) is 5.44. The van der Waals surface area contributed by atoms with E-state index in [-0.39, 0.29) is 5.69 Å². The van der Waals surface area contributed by atoms with Gasteiger partial charge in [-0.3, -0.25) is 0 Å². The Morgan fingerprint density at radius 1 is 1.23 bits per heavy atom. The predicted octanol–water partition coefficient (Wildman–Crippen LogP) is 3.62. The highest BCUT2D eigenvalue weighted by Crippen LogP contribution is 2.44. The fourth-order valence-electron chi connectivity index (χ4n) is 1.01. The van der Waals surface area contributed by atoms with E-state index in [2.05, 4.69) is 4.36 Å². The molecule has 0 aliphatic carbocycles. The van der Waals surface area contributed by atoms with Crippen LogP contribution in [0.1, 0.15) is 5.56 Å². The zero-order valence-corrected chi connectivity index (χ0v) is 7.76. The Labute approximate surface area is 79.9 Å². The third kappa shape index (κ3) is 1.55. The molecule has 6 heteroatoms. The molecule has 0 saturated heterocycles. The zero-order valence-electron chi connectivity index (χ0n) is 6.13. The van der Waals surface area contributed by atoms with E-state index >= 15 is 0 Å². The van der Waals surface area contributed by atoms with Crippen LogP contribution in [-0.4, -0.2) is 0 Å². The average molecular weight is 222 g/mol. The summed E-state index contributed by atoms with van der Waals surface area (Å²) in [6.45, 7) is 0. The Bertz CT molecular complexity index is 372. The second-order valence-corrected chi connectivity index (χ2v) is 4.28. The molecule has 1 radical (unpaired) electrons. The molecule has 1 aromatic rings. The summed E-state index contributed by atoms with van der Waals surface area (Å²) in [6.07, 6.45) is -4.31. The number of hydrogen-bond acceptors (Lipinski definition) is 2. The van der Waals surface area contributed by atoms with Gasteiger partial charge in [0, 0.05) is 10.6 Å². The van der Waals surface area contributed by atoms with Gasteiger partial charge in [0.05, 0.1) is 10.5 Å². The fourth-order valence-corrected chi connectivity index (χ4v) is 2.80. The van der Waals surface area contributed by atoms with Crippen LogP contribution in [0.4, 0.5) is 18.9 Å². The molecule has 2 rings (SSSR count). The van der Waals surface area contributed by atoms with Gasteiger partial charge in [-0.25, -0.2) is 0 Å². The lowest BCUT2D eigenvalue weighted by Crippen LogP contribution is -2.04. The van der Waals surface area contributed by atoms with Crippen LogP contribution >= 0.6 is 10.8 Å². The minimum atomic E-state index is -4.31. The monoisotopic (exact) mass is 222 g/mol. The van der Waals surface area contributed by atoms with Crippen LogP contribution in [0, 0.1) is 0 Å². The van der Waals surface area contributed by atoms with E-state index in [9.17, 15) is 13.2 Å². The maximum Gasteiger partial charge on any atom is 0.418 e. The van der Waals surface area contributed by atoms with E-state index in [1.54, 1.807) is 6.07 Å². The summed E-state index contributed by atoms with van der Waals surface area (Å²) in [5, 5.41) is 0. The molecule has 0 atom stereocenters. The van der Waals surface area contributed by atoms with Gasteiger partial charge in [0.2, 0.25) is 0 Å². The Morgan fingerprint density at radius 3 is 2.69 bits per heavy atom. The van der Waals surface area contributed by atoms with E-state index in [1.807, 2.05) is 0 Å². The number of alkyl halides is 3. The van der Waals surface area contributed by atoms with Gasteiger partial charge in [-0.05, 0) is 22.9 Å². The van der Waals surface area contributed by atoms with Crippen molar-refractivity contribution in [1.82, 2.24) is 0 Å². The number of nitrogens with zero attached hydrogens (tertiary/aromatic N) is 1. The molecule has 0 fully saturated rings. The zero-order chi connectivity index (χ0) is 9.47. The molecule has 1 nitrogen and oxygen atoms in total. The minimum Gasteiger partial charge on any atom is -0.184 e. The standard InChI is InChI=1S/C7H3F3NS2/c8-7(9,10)4-2-1-3-5-6(4)11-13-12-5/h1-3H. The van der Waals surface area contributed by atoms with Crippen LogP contribution in [0.3, 0.4) is 0 Å². The summed E-state index contributed by atoms with van der Waals surface area (Å²) in [7, 11) is 2.32. The first-order valence-electron chi connectivity index (χ1n) is 3.34. The van der Waals surface area contributed by atoms with Crippen molar-refractivity contribution in [3.63, 3.8) is 0 Å². The molecule has 0 unspecified atom stereocenters. The molecule has 1 aliphatic heterocycles. The predicted molar refractivity (Wildman–Crippen MR) is 46.8 cm³/mol. The summed E-state index contributed by atoms with van der Waals surface area (Å²) in [5.41, 5.74) is -0.590. The molecule has 1 heterocycles. The van der Waals surface area contributed by atoms with Gasteiger partial charge >= 0.3 is 6.18 Å². The normalized spacial score (nSPS) is 14.7. The van der Waals surface area contributed by atoms with Crippen LogP contribution in [0.5, 0.6) is 0 Å². The highest BCUT2D eigenvalue weighted by molar-refractivity contribution is 8.63. The first-order chi connectivity index (χ1) is 6.09. The average Bonchev–Trinajstić information content (AvgIpc) is 2.48. The number of halogens is 3. The van der Waals surface area contributed by atoms with Gasteiger partial charge in [0.15, 0.2) is 0 Å². The van der Waals surface area contributed by atoms with Crippen molar-refractivity contribution >= 4 is 27.1 Å². The molecular formula is C7H3F3NS2. The summed E-state index contributed by atoms with van der Waals surface area (Å²) in [4.78, 5) is 0.583. The largest absolute Gasteiger partial charge is 0.418 e. The van der Waals surface area contributed by atoms with Crippen LogP contribution < -0.4 is 0 Å². The van der Waals surface area contributed by atoms with Gasteiger partial charge in [0.1, 0.15) is 5.69 Å². The van der Waals surface area contributed by atoms with Crippen molar-refractivity contribution in [2.45, 2.75) is 11.1 Å². The third-order valence-corrected chi connectivity index (χ3v) is 3.39.